The summed E-state index contributed by atoms with van der Waals surface area (Å²) < 4.78 is 4.56. The number of carbonyl (C=O) groups is 1. The highest BCUT2D eigenvalue weighted by molar-refractivity contribution is 5.68. The summed E-state index contributed by atoms with van der Waals surface area (Å²) in [6, 6.07) is 4.77. The van der Waals surface area contributed by atoms with Crippen LogP contribution >= 0.6 is 0 Å². The Bertz CT molecular complexity index is 474. The van der Waals surface area contributed by atoms with Crippen molar-refractivity contribution in [3.05, 3.63) is 33.9 Å². The molecule has 0 bridgehead atoms. The van der Waals surface area contributed by atoms with Crippen molar-refractivity contribution < 1.29 is 14.5 Å². The maximum Gasteiger partial charge on any atom is 0.305 e. The third kappa shape index (κ3) is 5.26. The van der Waals surface area contributed by atoms with E-state index in [1.807, 2.05) is 6.92 Å². The summed E-state index contributed by atoms with van der Waals surface area (Å²) >= 11 is 0. The first-order chi connectivity index (χ1) is 9.54. The van der Waals surface area contributed by atoms with Gasteiger partial charge in [-0.3, -0.25) is 14.9 Å². The van der Waals surface area contributed by atoms with Crippen molar-refractivity contribution in [1.82, 2.24) is 0 Å². The fourth-order valence-corrected chi connectivity index (χ4v) is 1.86. The van der Waals surface area contributed by atoms with E-state index in [1.54, 1.807) is 12.1 Å². The van der Waals surface area contributed by atoms with Crippen molar-refractivity contribution in [2.24, 2.45) is 0 Å². The van der Waals surface area contributed by atoms with Crippen molar-refractivity contribution in [3.8, 4) is 0 Å². The molecule has 0 heterocycles. The smallest absolute Gasteiger partial charge is 0.305 e. The molecule has 0 radical (unpaired) electrons. The van der Waals surface area contributed by atoms with Gasteiger partial charge in [0.1, 0.15) is 0 Å². The Morgan fingerprint density at radius 2 is 2.10 bits per heavy atom. The fourth-order valence-electron chi connectivity index (χ4n) is 1.86. The van der Waals surface area contributed by atoms with Gasteiger partial charge in [0, 0.05) is 30.8 Å². The minimum atomic E-state index is -0.399. The van der Waals surface area contributed by atoms with E-state index in [4.69, 9.17) is 0 Å². The molecule has 20 heavy (non-hydrogen) atoms. The van der Waals surface area contributed by atoms with Gasteiger partial charge in [0.2, 0.25) is 0 Å². The number of nitrogens with one attached hydrogen (secondary N) is 1. The number of hydrogen-bond donors (Lipinski definition) is 1. The highest BCUT2D eigenvalue weighted by Crippen LogP contribution is 2.21. The van der Waals surface area contributed by atoms with Gasteiger partial charge in [0.05, 0.1) is 12.0 Å². The average Bonchev–Trinajstić information content (AvgIpc) is 2.43. The van der Waals surface area contributed by atoms with Gasteiger partial charge in [-0.05, 0) is 31.4 Å². The molecule has 1 aromatic rings. The van der Waals surface area contributed by atoms with Crippen LogP contribution < -0.4 is 5.32 Å². The predicted octanol–water partition coefficient (Wildman–Crippen LogP) is 3.05. The monoisotopic (exact) mass is 280 g/mol. The van der Waals surface area contributed by atoms with E-state index in [0.29, 0.717) is 6.42 Å². The summed E-state index contributed by atoms with van der Waals surface area (Å²) in [5, 5.41) is 13.9. The lowest BCUT2D eigenvalue weighted by Crippen LogP contribution is -2.04. The highest BCUT2D eigenvalue weighted by atomic mass is 16.6. The molecule has 1 aromatic carbocycles. The summed E-state index contributed by atoms with van der Waals surface area (Å²) in [6.45, 7) is 2.62. The van der Waals surface area contributed by atoms with Crippen LogP contribution in [0.2, 0.25) is 0 Å². The molecule has 110 valence electrons. The number of hydrogen-bond acceptors (Lipinski definition) is 5. The second kappa shape index (κ2) is 8.14. The Hall–Kier alpha value is -2.11. The molecule has 0 saturated heterocycles. The Labute approximate surface area is 118 Å². The van der Waals surface area contributed by atoms with Crippen LogP contribution in [0.25, 0.3) is 0 Å². The summed E-state index contributed by atoms with van der Waals surface area (Å²) in [5.74, 6) is -0.177. The van der Waals surface area contributed by atoms with Crippen LogP contribution in [-0.4, -0.2) is 24.5 Å². The summed E-state index contributed by atoms with van der Waals surface area (Å²) in [4.78, 5) is 21.1. The van der Waals surface area contributed by atoms with Crippen LogP contribution in [0.4, 0.5) is 11.4 Å². The topological polar surface area (TPSA) is 81.5 Å². The predicted molar refractivity (Wildman–Crippen MR) is 76.8 cm³/mol. The number of rotatable bonds is 8. The lowest BCUT2D eigenvalue weighted by molar-refractivity contribution is -0.384. The van der Waals surface area contributed by atoms with Gasteiger partial charge in [-0.25, -0.2) is 0 Å². The second-order valence-corrected chi connectivity index (χ2v) is 4.57. The van der Waals surface area contributed by atoms with E-state index >= 15 is 0 Å². The van der Waals surface area contributed by atoms with Gasteiger partial charge in [-0.2, -0.15) is 0 Å². The summed E-state index contributed by atoms with van der Waals surface area (Å²) in [5.41, 5.74) is 1.86. The standard InChI is InChI=1S/C14H20N2O4/c1-11-10-12(16(18)19)7-8-13(11)15-9-5-3-4-6-14(17)20-2/h7-8,10,15H,3-6,9H2,1-2H3. The number of ether oxygens (including phenoxy) is 1. The molecule has 0 saturated carbocycles. The molecule has 0 spiro atoms. The van der Waals surface area contributed by atoms with Gasteiger partial charge in [0.15, 0.2) is 0 Å². The van der Waals surface area contributed by atoms with Gasteiger partial charge < -0.3 is 10.1 Å². The molecule has 0 fully saturated rings. The van der Waals surface area contributed by atoms with Crippen molar-refractivity contribution >= 4 is 17.3 Å². The number of nitrogens with zero attached hydrogens (tertiary/aromatic N) is 1. The molecule has 6 nitrogen and oxygen atoms in total. The number of unbranched alkanes of at least 4 members (excludes halogenated alkanes) is 2. The molecular weight excluding hydrogens is 260 g/mol. The second-order valence-electron chi connectivity index (χ2n) is 4.57. The lowest BCUT2D eigenvalue weighted by atomic mass is 10.1. The minimum Gasteiger partial charge on any atom is -0.469 e. The van der Waals surface area contributed by atoms with Crippen LogP contribution in [-0.2, 0) is 9.53 Å². The third-order valence-corrected chi connectivity index (χ3v) is 3.02. The van der Waals surface area contributed by atoms with Crippen molar-refractivity contribution in [2.75, 3.05) is 19.0 Å². The number of carbonyl (C=O) groups excluding carboxylic acids is 1. The van der Waals surface area contributed by atoms with Crippen LogP contribution in [0.3, 0.4) is 0 Å². The number of aryl methyl sites for hydroxylation is 1. The van der Waals surface area contributed by atoms with Crippen molar-refractivity contribution in [2.45, 2.75) is 32.6 Å². The maximum atomic E-state index is 10.9. The Balaban J connectivity index is 2.29. The molecule has 0 aliphatic carbocycles. The zero-order valence-corrected chi connectivity index (χ0v) is 11.8. The van der Waals surface area contributed by atoms with E-state index in [-0.39, 0.29) is 11.7 Å². The number of nitro groups is 1. The van der Waals surface area contributed by atoms with Crippen LogP contribution in [0, 0.1) is 17.0 Å². The molecular formula is C14H20N2O4. The SMILES string of the molecule is COC(=O)CCCCCNc1ccc([N+](=O)[O-])cc1C. The van der Waals surface area contributed by atoms with Crippen molar-refractivity contribution in [1.29, 1.82) is 0 Å². The molecule has 0 amide bonds. The van der Waals surface area contributed by atoms with Crippen molar-refractivity contribution in [3.63, 3.8) is 0 Å². The van der Waals surface area contributed by atoms with E-state index in [9.17, 15) is 14.9 Å². The minimum absolute atomic E-state index is 0.103. The van der Waals surface area contributed by atoms with Crippen LogP contribution in [0.5, 0.6) is 0 Å². The molecule has 0 aromatic heterocycles. The first-order valence-electron chi connectivity index (χ1n) is 6.60. The van der Waals surface area contributed by atoms with Crippen LogP contribution in [0.1, 0.15) is 31.2 Å². The molecule has 6 heteroatoms. The zero-order valence-electron chi connectivity index (χ0n) is 11.8. The number of benzene rings is 1. The van der Waals surface area contributed by atoms with Gasteiger partial charge in [0.25, 0.3) is 5.69 Å². The fraction of sp³-hybridized carbons (Fsp3) is 0.500. The first-order valence-corrected chi connectivity index (χ1v) is 6.60. The van der Waals surface area contributed by atoms with E-state index in [0.717, 1.165) is 37.1 Å². The van der Waals surface area contributed by atoms with E-state index in [1.165, 1.54) is 13.2 Å². The summed E-state index contributed by atoms with van der Waals surface area (Å²) in [6.07, 6.45) is 3.14. The largest absolute Gasteiger partial charge is 0.469 e. The number of nitro benzene ring substituents is 1. The van der Waals surface area contributed by atoms with E-state index < -0.39 is 4.92 Å². The summed E-state index contributed by atoms with van der Waals surface area (Å²) in [7, 11) is 1.39. The maximum absolute atomic E-state index is 10.9. The molecule has 0 atom stereocenters. The van der Waals surface area contributed by atoms with Gasteiger partial charge in [-0.15, -0.1) is 0 Å². The Kier molecular flexibility index (Phi) is 6.49. The number of anilines is 1. The van der Waals surface area contributed by atoms with E-state index in [2.05, 4.69) is 10.1 Å². The Morgan fingerprint density at radius 3 is 2.70 bits per heavy atom. The highest BCUT2D eigenvalue weighted by Gasteiger charge is 2.07. The molecule has 0 aliphatic heterocycles. The quantitative estimate of drug-likeness (QED) is 0.342. The third-order valence-electron chi connectivity index (χ3n) is 3.02. The normalized spacial score (nSPS) is 10.1. The van der Waals surface area contributed by atoms with Crippen LogP contribution in [0.15, 0.2) is 18.2 Å². The molecule has 0 unspecified atom stereocenters. The lowest BCUT2D eigenvalue weighted by Gasteiger charge is -2.09. The number of methoxy groups -OCH3 is 1. The van der Waals surface area contributed by atoms with Gasteiger partial charge >= 0.3 is 5.97 Å². The Morgan fingerprint density at radius 1 is 1.35 bits per heavy atom. The molecule has 0 aliphatic rings. The average molecular weight is 280 g/mol. The number of esters is 1. The van der Waals surface area contributed by atoms with Gasteiger partial charge in [-0.1, -0.05) is 6.42 Å². The molecule has 1 rings (SSSR count). The number of non-ortho nitro benzene ring substituents is 1. The molecule has 1 N–H and O–H groups in total. The zero-order chi connectivity index (χ0) is 15.0. The first kappa shape index (κ1) is 15.9.